The topological polar surface area (TPSA) is 66.9 Å². The molecule has 6 nitrogen and oxygen atoms in total. The lowest BCUT2D eigenvalue weighted by atomic mass is 10.2. The van der Waals surface area contributed by atoms with E-state index in [9.17, 15) is 22.0 Å². The minimum Gasteiger partial charge on any atom is -0.492 e. The second-order valence-electron chi connectivity index (χ2n) is 6.77. The molecule has 0 saturated carbocycles. The number of carbonyl (C=O) groups excluding carboxylic acids is 1. The lowest BCUT2D eigenvalue weighted by Gasteiger charge is -2.34. The summed E-state index contributed by atoms with van der Waals surface area (Å²) >= 11 is 5.84. The third-order valence-corrected chi connectivity index (χ3v) is 6.46. The van der Waals surface area contributed by atoms with Crippen LogP contribution in [0.4, 0.5) is 8.78 Å². The van der Waals surface area contributed by atoms with Crippen LogP contribution >= 0.6 is 11.6 Å². The number of rotatable bonds is 7. The van der Waals surface area contributed by atoms with E-state index in [0.717, 1.165) is 17.9 Å². The highest BCUT2D eigenvalue weighted by molar-refractivity contribution is 7.91. The minimum atomic E-state index is -4.67. The van der Waals surface area contributed by atoms with Crippen LogP contribution < -0.4 is 4.74 Å². The van der Waals surface area contributed by atoms with Crippen molar-refractivity contribution in [3.8, 4) is 5.75 Å². The molecule has 1 amide bonds. The molecule has 0 aliphatic carbocycles. The molecule has 2 aromatic rings. The molecule has 0 aromatic heterocycles. The Bertz CT molecular complexity index is 961. The smallest absolute Gasteiger partial charge is 0.341 e. The first-order chi connectivity index (χ1) is 14.3. The molecule has 1 aliphatic heterocycles. The molecular weight excluding hydrogens is 438 g/mol. The number of amides is 1. The normalized spacial score (nSPS) is 15.4. The maximum atomic E-state index is 12.6. The van der Waals surface area contributed by atoms with Crippen LogP contribution in [0.15, 0.2) is 53.4 Å². The van der Waals surface area contributed by atoms with Gasteiger partial charge >= 0.3 is 5.76 Å². The first kappa shape index (κ1) is 22.5. The molecule has 0 bridgehead atoms. The van der Waals surface area contributed by atoms with Gasteiger partial charge in [0.05, 0.1) is 4.90 Å². The van der Waals surface area contributed by atoms with E-state index in [0.29, 0.717) is 44.4 Å². The van der Waals surface area contributed by atoms with E-state index in [4.69, 9.17) is 16.3 Å². The Morgan fingerprint density at radius 3 is 2.17 bits per heavy atom. The summed E-state index contributed by atoms with van der Waals surface area (Å²) in [6, 6.07) is 11.7. The van der Waals surface area contributed by atoms with Gasteiger partial charge in [0.1, 0.15) is 12.4 Å². The van der Waals surface area contributed by atoms with Crippen LogP contribution in [0.2, 0.25) is 5.02 Å². The fourth-order valence-corrected chi connectivity index (χ4v) is 3.92. The van der Waals surface area contributed by atoms with Crippen LogP contribution in [0.25, 0.3) is 0 Å². The van der Waals surface area contributed by atoms with E-state index in [1.807, 2.05) is 0 Å². The number of carbonyl (C=O) groups is 1. The van der Waals surface area contributed by atoms with Crippen molar-refractivity contribution in [2.75, 3.05) is 39.3 Å². The maximum Gasteiger partial charge on any atom is 0.341 e. The third kappa shape index (κ3) is 5.47. The van der Waals surface area contributed by atoms with Gasteiger partial charge in [0.2, 0.25) is 9.84 Å². The van der Waals surface area contributed by atoms with Crippen LogP contribution in [0.5, 0.6) is 5.75 Å². The highest BCUT2D eigenvalue weighted by atomic mass is 35.5. The fraction of sp³-hybridized carbons (Fsp3) is 0.350. The molecule has 1 fully saturated rings. The van der Waals surface area contributed by atoms with Crippen molar-refractivity contribution >= 4 is 27.3 Å². The summed E-state index contributed by atoms with van der Waals surface area (Å²) in [6.45, 7) is 3.59. The number of hydrogen-bond acceptors (Lipinski definition) is 5. The van der Waals surface area contributed by atoms with Crippen molar-refractivity contribution in [2.45, 2.75) is 10.7 Å². The van der Waals surface area contributed by atoms with Crippen molar-refractivity contribution in [2.24, 2.45) is 0 Å². The summed E-state index contributed by atoms with van der Waals surface area (Å²) < 4.78 is 53.8. The van der Waals surface area contributed by atoms with Crippen molar-refractivity contribution in [1.82, 2.24) is 9.80 Å². The number of piperazine rings is 1. The summed E-state index contributed by atoms with van der Waals surface area (Å²) in [5.74, 6) is -3.01. The summed E-state index contributed by atoms with van der Waals surface area (Å²) in [5, 5.41) is 0.647. The van der Waals surface area contributed by atoms with E-state index in [2.05, 4.69) is 4.90 Å². The Labute approximate surface area is 178 Å². The Morgan fingerprint density at radius 2 is 1.60 bits per heavy atom. The lowest BCUT2D eigenvalue weighted by molar-refractivity contribution is 0.0620. The van der Waals surface area contributed by atoms with E-state index < -0.39 is 20.5 Å². The molecule has 30 heavy (non-hydrogen) atoms. The highest BCUT2D eigenvalue weighted by Crippen LogP contribution is 2.20. The first-order valence-corrected chi connectivity index (χ1v) is 11.2. The average molecular weight is 459 g/mol. The van der Waals surface area contributed by atoms with Gasteiger partial charge in [0.15, 0.2) is 0 Å². The number of hydrogen-bond donors (Lipinski definition) is 0. The monoisotopic (exact) mass is 458 g/mol. The van der Waals surface area contributed by atoms with Gasteiger partial charge in [-0.3, -0.25) is 9.69 Å². The summed E-state index contributed by atoms with van der Waals surface area (Å²) in [4.78, 5) is 15.9. The van der Waals surface area contributed by atoms with Gasteiger partial charge < -0.3 is 9.64 Å². The minimum absolute atomic E-state index is 0.256. The van der Waals surface area contributed by atoms with Gasteiger partial charge in [-0.25, -0.2) is 8.42 Å². The number of nitrogens with zero attached hydrogens (tertiary/aromatic N) is 2. The molecule has 0 N–H and O–H groups in total. The van der Waals surface area contributed by atoms with Crippen LogP contribution in [0, 0.1) is 0 Å². The van der Waals surface area contributed by atoms with Gasteiger partial charge in [-0.05, 0) is 48.5 Å². The molecule has 0 radical (unpaired) electrons. The van der Waals surface area contributed by atoms with Crippen LogP contribution in [-0.4, -0.2) is 69.2 Å². The molecule has 1 aliphatic rings. The fourth-order valence-electron chi connectivity index (χ4n) is 3.07. The van der Waals surface area contributed by atoms with Crippen molar-refractivity contribution < 1.29 is 26.7 Å². The van der Waals surface area contributed by atoms with E-state index >= 15 is 0 Å². The van der Waals surface area contributed by atoms with Crippen LogP contribution in [0.3, 0.4) is 0 Å². The number of benzene rings is 2. The Morgan fingerprint density at radius 1 is 1.00 bits per heavy atom. The number of halogens is 3. The molecule has 10 heteroatoms. The molecular formula is C20H21ClF2N2O4S. The first-order valence-electron chi connectivity index (χ1n) is 9.29. The van der Waals surface area contributed by atoms with E-state index in [1.54, 1.807) is 29.2 Å². The predicted octanol–water partition coefficient (Wildman–Crippen LogP) is 3.17. The summed E-state index contributed by atoms with van der Waals surface area (Å²) in [6.07, 6.45) is 0. The summed E-state index contributed by atoms with van der Waals surface area (Å²) in [7, 11) is -4.67. The number of ether oxygens (including phenoxy) is 1. The van der Waals surface area contributed by atoms with Gasteiger partial charge in [-0.1, -0.05) is 11.6 Å². The zero-order chi connectivity index (χ0) is 21.7. The Balaban J connectivity index is 1.47. The largest absolute Gasteiger partial charge is 0.492 e. The second kappa shape index (κ2) is 9.72. The summed E-state index contributed by atoms with van der Waals surface area (Å²) in [5.41, 5.74) is 0.266. The Kier molecular flexibility index (Phi) is 7.27. The zero-order valence-corrected chi connectivity index (χ0v) is 17.6. The third-order valence-electron chi connectivity index (χ3n) is 4.81. The molecule has 1 heterocycles. The number of sulfone groups is 1. The standard InChI is InChI=1S/C20H21ClF2N2O4S/c21-16-3-5-17(6-4-16)29-14-13-24-9-11-25(12-10-24)19(26)15-1-7-18(8-2-15)30(27,28)20(22)23/h1-8,20H,9-14H2. The quantitative estimate of drug-likeness (QED) is 0.637. The lowest BCUT2D eigenvalue weighted by Crippen LogP contribution is -2.49. The highest BCUT2D eigenvalue weighted by Gasteiger charge is 2.27. The van der Waals surface area contributed by atoms with Gasteiger partial charge in [-0.15, -0.1) is 0 Å². The molecule has 0 spiro atoms. The van der Waals surface area contributed by atoms with Crippen LogP contribution in [0.1, 0.15) is 10.4 Å². The molecule has 1 saturated heterocycles. The van der Waals surface area contributed by atoms with Gasteiger partial charge in [-0.2, -0.15) is 8.78 Å². The Hall–Kier alpha value is -2.23. The zero-order valence-electron chi connectivity index (χ0n) is 16.0. The molecule has 162 valence electrons. The number of alkyl halides is 2. The second-order valence-corrected chi connectivity index (χ2v) is 9.12. The maximum absolute atomic E-state index is 12.6. The molecule has 0 atom stereocenters. The van der Waals surface area contributed by atoms with Gasteiger partial charge in [0.25, 0.3) is 5.91 Å². The van der Waals surface area contributed by atoms with Gasteiger partial charge in [0, 0.05) is 43.3 Å². The predicted molar refractivity (Wildman–Crippen MR) is 109 cm³/mol. The van der Waals surface area contributed by atoms with E-state index in [1.165, 1.54) is 12.1 Å². The van der Waals surface area contributed by atoms with Crippen molar-refractivity contribution in [3.05, 3.63) is 59.1 Å². The molecule has 0 unspecified atom stereocenters. The average Bonchev–Trinajstić information content (AvgIpc) is 2.75. The molecule has 2 aromatic carbocycles. The van der Waals surface area contributed by atoms with Crippen molar-refractivity contribution in [1.29, 1.82) is 0 Å². The van der Waals surface area contributed by atoms with E-state index in [-0.39, 0.29) is 11.5 Å². The SMILES string of the molecule is O=C(c1ccc(S(=O)(=O)C(F)F)cc1)N1CCN(CCOc2ccc(Cl)cc2)CC1. The van der Waals surface area contributed by atoms with Crippen molar-refractivity contribution in [3.63, 3.8) is 0 Å². The van der Waals surface area contributed by atoms with Crippen LogP contribution in [-0.2, 0) is 9.84 Å². The molecule has 3 rings (SSSR count).